The standard InChI is InChI=1S/C26H20ClNO5S2/c1-32-21-13-17(9-12-20(21)33-15-16-7-10-19(27)11-8-16)14-22-24(29)28(26(34)35-22)23(25(30)31)18-5-3-2-4-6-18/h2-14,23H,15H2,1H3,(H,30,31)/b22-14+. The van der Waals surface area contributed by atoms with E-state index in [1.165, 1.54) is 7.11 Å². The zero-order valence-corrected chi connectivity index (χ0v) is 20.9. The molecule has 1 heterocycles. The van der Waals surface area contributed by atoms with Crippen molar-refractivity contribution in [3.05, 3.63) is 99.4 Å². The molecular formula is C26H20ClNO5S2. The van der Waals surface area contributed by atoms with E-state index in [1.54, 1.807) is 66.7 Å². The molecule has 0 aliphatic carbocycles. The number of ether oxygens (including phenoxy) is 2. The van der Waals surface area contributed by atoms with Gasteiger partial charge < -0.3 is 14.6 Å². The van der Waals surface area contributed by atoms with E-state index in [0.29, 0.717) is 39.2 Å². The lowest BCUT2D eigenvalue weighted by atomic mass is 10.1. The number of rotatable bonds is 8. The van der Waals surface area contributed by atoms with Gasteiger partial charge in [0, 0.05) is 5.02 Å². The van der Waals surface area contributed by atoms with E-state index in [9.17, 15) is 14.7 Å². The number of thioether (sulfide) groups is 1. The molecule has 0 aromatic heterocycles. The summed E-state index contributed by atoms with van der Waals surface area (Å²) >= 11 is 12.4. The molecule has 1 aliphatic heterocycles. The van der Waals surface area contributed by atoms with E-state index in [2.05, 4.69) is 0 Å². The first kappa shape index (κ1) is 24.8. The maximum Gasteiger partial charge on any atom is 0.331 e. The lowest BCUT2D eigenvalue weighted by Crippen LogP contribution is -2.37. The molecule has 9 heteroatoms. The normalized spacial score (nSPS) is 15.4. The SMILES string of the molecule is COc1cc(/C=C2/SC(=S)N(C(C(=O)O)c3ccccc3)C2=O)ccc1OCc1ccc(Cl)cc1. The Morgan fingerprint density at radius 1 is 1.11 bits per heavy atom. The third-order valence-corrected chi connectivity index (χ3v) is 6.81. The van der Waals surface area contributed by atoms with Gasteiger partial charge in [-0.1, -0.05) is 84.1 Å². The number of carboxylic acid groups (broad SMARTS) is 1. The summed E-state index contributed by atoms with van der Waals surface area (Å²) in [6, 6.07) is 20.0. The van der Waals surface area contributed by atoms with Gasteiger partial charge in [0.2, 0.25) is 0 Å². The first-order chi connectivity index (χ1) is 16.9. The summed E-state index contributed by atoms with van der Waals surface area (Å²) in [5.74, 6) is -0.575. The van der Waals surface area contributed by atoms with Gasteiger partial charge in [-0.3, -0.25) is 9.69 Å². The molecule has 0 bridgehead atoms. The van der Waals surface area contributed by atoms with Gasteiger partial charge in [0.05, 0.1) is 12.0 Å². The Hall–Kier alpha value is -3.33. The van der Waals surface area contributed by atoms with E-state index in [-0.39, 0.29) is 4.32 Å². The highest BCUT2D eigenvalue weighted by Gasteiger charge is 2.41. The quantitative estimate of drug-likeness (QED) is 0.287. The number of aliphatic carboxylic acids is 1. The zero-order chi connectivity index (χ0) is 24.9. The molecular weight excluding hydrogens is 506 g/mol. The van der Waals surface area contributed by atoms with Crippen LogP contribution in [0.25, 0.3) is 6.08 Å². The van der Waals surface area contributed by atoms with Crippen molar-refractivity contribution in [2.45, 2.75) is 12.6 Å². The number of carboxylic acids is 1. The van der Waals surface area contributed by atoms with Crippen molar-refractivity contribution in [1.82, 2.24) is 4.90 Å². The van der Waals surface area contributed by atoms with Crippen LogP contribution in [0.5, 0.6) is 11.5 Å². The minimum atomic E-state index is -1.20. The summed E-state index contributed by atoms with van der Waals surface area (Å²) in [7, 11) is 1.53. The molecule has 3 aromatic carbocycles. The van der Waals surface area contributed by atoms with E-state index in [0.717, 1.165) is 22.2 Å². The van der Waals surface area contributed by atoms with Crippen LogP contribution in [0.4, 0.5) is 0 Å². The third kappa shape index (κ3) is 5.67. The number of hydrogen-bond donors (Lipinski definition) is 1. The van der Waals surface area contributed by atoms with Crippen molar-refractivity contribution < 1.29 is 24.2 Å². The second-order valence-corrected chi connectivity index (χ2v) is 9.64. The Morgan fingerprint density at radius 2 is 1.83 bits per heavy atom. The van der Waals surface area contributed by atoms with Gasteiger partial charge in [0.1, 0.15) is 10.9 Å². The maximum absolute atomic E-state index is 13.2. The lowest BCUT2D eigenvalue weighted by Gasteiger charge is -2.23. The summed E-state index contributed by atoms with van der Waals surface area (Å²) in [5, 5.41) is 10.5. The number of nitrogens with zero attached hydrogens (tertiary/aromatic N) is 1. The zero-order valence-electron chi connectivity index (χ0n) is 18.5. The number of methoxy groups -OCH3 is 1. The number of thiocarbonyl (C=S) groups is 1. The fourth-order valence-corrected chi connectivity index (χ4v) is 4.97. The largest absolute Gasteiger partial charge is 0.493 e. The number of hydrogen-bond acceptors (Lipinski definition) is 6. The van der Waals surface area contributed by atoms with Gasteiger partial charge >= 0.3 is 5.97 Å². The smallest absolute Gasteiger partial charge is 0.331 e. The van der Waals surface area contributed by atoms with Crippen molar-refractivity contribution in [3.63, 3.8) is 0 Å². The molecule has 1 N–H and O–H groups in total. The summed E-state index contributed by atoms with van der Waals surface area (Å²) in [6.45, 7) is 0.335. The van der Waals surface area contributed by atoms with Crippen LogP contribution in [0.1, 0.15) is 22.7 Å². The predicted molar refractivity (Wildman–Crippen MR) is 141 cm³/mol. The fourth-order valence-electron chi connectivity index (χ4n) is 3.53. The molecule has 3 aromatic rings. The van der Waals surface area contributed by atoms with Crippen LogP contribution < -0.4 is 9.47 Å². The molecule has 0 saturated carbocycles. The number of amides is 1. The van der Waals surface area contributed by atoms with E-state index in [4.69, 9.17) is 33.3 Å². The average Bonchev–Trinajstić information content (AvgIpc) is 3.12. The number of benzene rings is 3. The topological polar surface area (TPSA) is 76.1 Å². The minimum Gasteiger partial charge on any atom is -0.493 e. The van der Waals surface area contributed by atoms with E-state index in [1.807, 2.05) is 12.1 Å². The molecule has 6 nitrogen and oxygen atoms in total. The highest BCUT2D eigenvalue weighted by atomic mass is 35.5. The molecule has 35 heavy (non-hydrogen) atoms. The fraction of sp³-hybridized carbons (Fsp3) is 0.115. The Labute approximate surface area is 217 Å². The van der Waals surface area contributed by atoms with Crippen molar-refractivity contribution in [2.24, 2.45) is 0 Å². The summed E-state index contributed by atoms with van der Waals surface area (Å²) in [4.78, 5) is 26.7. The summed E-state index contributed by atoms with van der Waals surface area (Å²) in [5.41, 5.74) is 2.12. The molecule has 4 rings (SSSR count). The van der Waals surface area contributed by atoms with Crippen LogP contribution in [-0.2, 0) is 16.2 Å². The number of halogens is 1. The predicted octanol–water partition coefficient (Wildman–Crippen LogP) is 5.95. The van der Waals surface area contributed by atoms with Gasteiger partial charge in [0.15, 0.2) is 17.5 Å². The van der Waals surface area contributed by atoms with E-state index < -0.39 is 17.9 Å². The molecule has 0 radical (unpaired) electrons. The van der Waals surface area contributed by atoms with Gasteiger partial charge in [0.25, 0.3) is 5.91 Å². The molecule has 1 aliphatic rings. The van der Waals surface area contributed by atoms with Gasteiger partial charge in [-0.05, 0) is 47.0 Å². The Balaban J connectivity index is 1.55. The Morgan fingerprint density at radius 3 is 2.49 bits per heavy atom. The second kappa shape index (κ2) is 10.9. The van der Waals surface area contributed by atoms with Crippen molar-refractivity contribution in [1.29, 1.82) is 0 Å². The second-order valence-electron chi connectivity index (χ2n) is 7.53. The van der Waals surface area contributed by atoms with Gasteiger partial charge in [-0.2, -0.15) is 0 Å². The highest BCUT2D eigenvalue weighted by Crippen LogP contribution is 2.39. The first-order valence-electron chi connectivity index (χ1n) is 10.5. The lowest BCUT2D eigenvalue weighted by molar-refractivity contribution is -0.145. The first-order valence-corrected chi connectivity index (χ1v) is 12.1. The highest BCUT2D eigenvalue weighted by molar-refractivity contribution is 8.26. The van der Waals surface area contributed by atoms with Crippen LogP contribution in [0.3, 0.4) is 0 Å². The van der Waals surface area contributed by atoms with Crippen LogP contribution in [-0.4, -0.2) is 33.3 Å². The molecule has 1 amide bonds. The Kier molecular flexibility index (Phi) is 7.75. The molecule has 1 unspecified atom stereocenters. The summed E-state index contributed by atoms with van der Waals surface area (Å²) in [6.07, 6.45) is 1.66. The van der Waals surface area contributed by atoms with Crippen molar-refractivity contribution in [2.75, 3.05) is 7.11 Å². The number of carbonyl (C=O) groups excluding carboxylic acids is 1. The monoisotopic (exact) mass is 525 g/mol. The Bertz CT molecular complexity index is 1290. The van der Waals surface area contributed by atoms with Crippen molar-refractivity contribution >= 4 is 57.9 Å². The molecule has 178 valence electrons. The molecule has 1 saturated heterocycles. The van der Waals surface area contributed by atoms with E-state index >= 15 is 0 Å². The molecule has 1 atom stereocenters. The van der Waals surface area contributed by atoms with Gasteiger partial charge in [-0.25, -0.2) is 4.79 Å². The third-order valence-electron chi connectivity index (χ3n) is 5.22. The van der Waals surface area contributed by atoms with Gasteiger partial charge in [-0.15, -0.1) is 0 Å². The van der Waals surface area contributed by atoms with Crippen LogP contribution in [0, 0.1) is 0 Å². The van der Waals surface area contributed by atoms with Crippen LogP contribution >= 0.6 is 35.6 Å². The minimum absolute atomic E-state index is 0.187. The molecule has 0 spiro atoms. The number of carbonyl (C=O) groups is 2. The maximum atomic E-state index is 13.2. The van der Waals surface area contributed by atoms with Crippen LogP contribution in [0.15, 0.2) is 77.7 Å². The molecule has 1 fully saturated rings. The van der Waals surface area contributed by atoms with Crippen molar-refractivity contribution in [3.8, 4) is 11.5 Å². The van der Waals surface area contributed by atoms with Crippen LogP contribution in [0.2, 0.25) is 5.02 Å². The average molecular weight is 526 g/mol. The summed E-state index contributed by atoms with van der Waals surface area (Å²) < 4.78 is 11.5.